The van der Waals surface area contributed by atoms with E-state index in [0.717, 1.165) is 60.8 Å². The average molecular weight is 1390 g/mol. The number of carbonyl (C=O) groups excluding carboxylic acids is 5. The standard InChI is InChI=1S/C28H26BrN9O3.C18H17N5O3.C10H11BrN4O.ClH.S2.H2S/c1-14(39)26-19-6-15(17-9-31-28(32-10-17)33-18-3-4-18)2-5-20(19)37(36-26)13-25(40)38-21-7-16(21)8-22(38)27(41)35-24-12-30-11-23(29)34-24;1-10(24)17-14-6-11(2-5-15(14)23(22-17)9-16(25)26)12-7-19-18(20-8-12)21-13-3-4-13;11-8-3-12-4-9(14-8)15-10(16)7-2-5-1-6(5)13-7;;1-2;/h2,5-6,9-12,16,18,21-22H,3-4,7-8,13H2,1H3,(H,31,32,33)(H,34,35,41);2,5-8,13H,3-4,9H2,1H3,(H,25,26)(H,19,20,21);3-7,13H,1-2H2,(H,14,15,16);1H;;1H2/t16-,21-,22+;;5-,6-,7+;;;/m1.1.../s1. The van der Waals surface area contributed by atoms with Crippen LogP contribution in [-0.2, 0) is 54.6 Å². The van der Waals surface area contributed by atoms with Gasteiger partial charge in [-0.15, -0.1) is 12.4 Å². The van der Waals surface area contributed by atoms with Crippen LogP contribution in [0.2, 0.25) is 0 Å². The monoisotopic (exact) mass is 1380 g/mol. The number of hydrogen-bond donors (Lipinski definition) is 6. The van der Waals surface area contributed by atoms with Crippen molar-refractivity contribution in [3.63, 3.8) is 0 Å². The maximum Gasteiger partial charge on any atom is 0.325 e. The highest BCUT2D eigenvalue weighted by Gasteiger charge is 2.56. The summed E-state index contributed by atoms with van der Waals surface area (Å²) in [5.41, 5.74) is 5.13. The lowest BCUT2D eigenvalue weighted by Crippen LogP contribution is -2.46. The number of halogens is 3. The smallest absolute Gasteiger partial charge is 0.325 e. The highest BCUT2D eigenvalue weighted by Crippen LogP contribution is 2.48. The molecule has 0 unspecified atom stereocenters. The number of fused-ring (bicyclic) bond motifs is 4. The molecule has 87 heavy (non-hydrogen) atoms. The number of rotatable bonds is 16. The van der Waals surface area contributed by atoms with Gasteiger partial charge in [-0.3, -0.25) is 48.1 Å². The zero-order valence-corrected chi connectivity index (χ0v) is 53.1. The second-order valence-corrected chi connectivity index (χ2v) is 23.1. The predicted molar refractivity (Wildman–Crippen MR) is 342 cm³/mol. The van der Waals surface area contributed by atoms with E-state index >= 15 is 0 Å². The summed E-state index contributed by atoms with van der Waals surface area (Å²) in [6, 6.07) is 12.0. The Kier molecular flexibility index (Phi) is 20.4. The Morgan fingerprint density at radius 3 is 1.54 bits per heavy atom. The van der Waals surface area contributed by atoms with Crippen LogP contribution < -0.4 is 26.6 Å². The molecule has 6 fully saturated rings. The van der Waals surface area contributed by atoms with Gasteiger partial charge in [0, 0.05) is 107 Å². The number of ketones is 2. The SMILES string of the molecule is CC(=O)c1nn(CC(=O)N2[C@@H]3C[C@@H]3C[C@H]2C(=O)Nc2cncc(Br)n2)c2ccc(-c3cnc(NC4CC4)nc3)cc12.CC(=O)c1nn(CC(=O)O)c2ccc(-c3cnc(NC4CC4)nc3)cc12.Cl.O=C(Nc1cncc(Br)n1)[C@@H]1C[C@H]2C[C@H]2N1.S.S=S. The van der Waals surface area contributed by atoms with E-state index in [2.05, 4.69) is 131 Å². The van der Waals surface area contributed by atoms with Gasteiger partial charge < -0.3 is 36.6 Å². The highest BCUT2D eigenvalue weighted by atomic mass is 79.9. The number of carbonyl (C=O) groups is 6. The van der Waals surface area contributed by atoms with Gasteiger partial charge in [-0.1, -0.05) is 12.1 Å². The summed E-state index contributed by atoms with van der Waals surface area (Å²) in [7, 11) is 0. The third kappa shape index (κ3) is 15.4. The number of Topliss-reactive ketones (excluding diaryl/α,β-unsaturated/α-hetero) is 2. The molecule has 2 aromatic carbocycles. The summed E-state index contributed by atoms with van der Waals surface area (Å²) in [4.78, 5) is 110. The Labute approximate surface area is 537 Å². The number of carboxylic acids is 1. The van der Waals surface area contributed by atoms with Crippen molar-refractivity contribution in [1.29, 1.82) is 0 Å². The first kappa shape index (κ1) is 64.0. The summed E-state index contributed by atoms with van der Waals surface area (Å²) in [6.07, 6.45) is 21.3. The third-order valence-corrected chi connectivity index (χ3v) is 15.9. The average Bonchev–Trinajstić information content (AvgIpc) is 3.57. The van der Waals surface area contributed by atoms with Crippen LogP contribution in [0.25, 0.3) is 44.1 Å². The maximum atomic E-state index is 13.6. The molecule has 3 amide bonds. The first-order chi connectivity index (χ1) is 41.1. The van der Waals surface area contributed by atoms with Crippen molar-refractivity contribution >= 4 is 161 Å². The van der Waals surface area contributed by atoms with Gasteiger partial charge in [0.1, 0.15) is 39.7 Å². The van der Waals surface area contributed by atoms with E-state index in [4.69, 9.17) is 5.11 Å². The van der Waals surface area contributed by atoms with E-state index in [9.17, 15) is 28.8 Å². The molecule has 14 rings (SSSR count). The number of aromatic nitrogens is 12. The first-order valence-electron chi connectivity index (χ1n) is 27.3. The fourth-order valence-electron chi connectivity index (χ4n) is 10.5. The molecule has 2 aliphatic heterocycles. The summed E-state index contributed by atoms with van der Waals surface area (Å²) in [5.74, 6) is 1.08. The van der Waals surface area contributed by atoms with Gasteiger partial charge in [-0.05, 0) is 130 Å². The van der Waals surface area contributed by atoms with Crippen LogP contribution in [0.3, 0.4) is 0 Å². The van der Waals surface area contributed by atoms with Crippen LogP contribution in [-0.4, -0.2) is 141 Å². The zero-order valence-electron chi connectivity index (χ0n) is 46.5. The molecular weight excluding hydrogens is 1330 g/mol. The van der Waals surface area contributed by atoms with E-state index < -0.39 is 12.0 Å². The van der Waals surface area contributed by atoms with Crippen LogP contribution in [0, 0.1) is 11.8 Å². The van der Waals surface area contributed by atoms with E-state index in [1.807, 2.05) is 30.3 Å². The summed E-state index contributed by atoms with van der Waals surface area (Å²) in [6.45, 7) is 2.49. The van der Waals surface area contributed by atoms with Crippen molar-refractivity contribution in [2.75, 3.05) is 21.3 Å². The molecule has 0 bridgehead atoms. The molecule has 31 heteroatoms. The number of benzene rings is 2. The lowest BCUT2D eigenvalue weighted by molar-refractivity contribution is -0.138. The Balaban J connectivity index is 0.000000167. The van der Waals surface area contributed by atoms with Crippen molar-refractivity contribution < 1.29 is 33.9 Å². The van der Waals surface area contributed by atoms with Gasteiger partial charge in [0.25, 0.3) is 0 Å². The van der Waals surface area contributed by atoms with Crippen molar-refractivity contribution in [2.24, 2.45) is 11.8 Å². The number of amides is 3. The first-order valence-corrected chi connectivity index (χ1v) is 30.2. The van der Waals surface area contributed by atoms with Gasteiger partial charge in [-0.2, -0.15) is 23.7 Å². The largest absolute Gasteiger partial charge is 0.480 e. The lowest BCUT2D eigenvalue weighted by Gasteiger charge is -2.26. The molecule has 452 valence electrons. The van der Waals surface area contributed by atoms with Gasteiger partial charge in [0.2, 0.25) is 29.6 Å². The van der Waals surface area contributed by atoms with E-state index in [1.54, 1.807) is 52.8 Å². The molecule has 6 aromatic heterocycles. The lowest BCUT2D eigenvalue weighted by atomic mass is 10.0. The molecular formula is C56H57Br2ClN18O7S3. The number of aliphatic carboxylic acids is 1. The Morgan fingerprint density at radius 2 is 1.10 bits per heavy atom. The molecule has 6 N–H and O–H groups in total. The second-order valence-electron chi connectivity index (χ2n) is 21.5. The number of carboxylic acid groups (broad SMARTS) is 1. The molecule has 8 aromatic rings. The molecule has 8 heterocycles. The van der Waals surface area contributed by atoms with Crippen molar-refractivity contribution in [1.82, 2.24) is 69.6 Å². The maximum absolute atomic E-state index is 13.6. The van der Waals surface area contributed by atoms with Crippen LogP contribution >= 0.6 is 57.8 Å². The highest BCUT2D eigenvalue weighted by molar-refractivity contribution is 9.10. The Hall–Kier alpha value is -7.48. The van der Waals surface area contributed by atoms with Crippen molar-refractivity contribution in [2.45, 2.75) is 115 Å². The van der Waals surface area contributed by atoms with Gasteiger partial charge in [0.15, 0.2) is 23.2 Å². The Bertz CT molecular complexity index is 3910. The number of nitrogens with one attached hydrogen (secondary N) is 5. The minimum atomic E-state index is -1.01. The minimum Gasteiger partial charge on any atom is -0.480 e. The third-order valence-electron chi connectivity index (χ3n) is 15.1. The minimum absolute atomic E-state index is 0. The van der Waals surface area contributed by atoms with Crippen LogP contribution in [0.15, 0.2) is 95.2 Å². The number of likely N-dealkylation sites (tertiary alicyclic amines) is 1. The van der Waals surface area contributed by atoms with Crippen LogP contribution in [0.5, 0.6) is 0 Å². The molecule has 4 aliphatic carbocycles. The van der Waals surface area contributed by atoms with Gasteiger partial charge >= 0.3 is 5.97 Å². The summed E-state index contributed by atoms with van der Waals surface area (Å²) >= 11 is 13.8. The van der Waals surface area contributed by atoms with Gasteiger partial charge in [0.05, 0.1) is 41.9 Å². The summed E-state index contributed by atoms with van der Waals surface area (Å²) < 4.78 is 4.01. The van der Waals surface area contributed by atoms with E-state index in [0.29, 0.717) is 90.9 Å². The van der Waals surface area contributed by atoms with Gasteiger partial charge in [-0.25, -0.2) is 29.9 Å². The predicted octanol–water partition coefficient (Wildman–Crippen LogP) is 7.26. The molecule has 25 nitrogen and oxygen atoms in total. The van der Waals surface area contributed by atoms with Crippen molar-refractivity contribution in [3.05, 3.63) is 107 Å². The quantitative estimate of drug-likeness (QED) is 0.0518. The summed E-state index contributed by atoms with van der Waals surface area (Å²) in [5, 5.41) is 34.3. The topological polar surface area (TPSA) is 325 Å². The number of anilines is 4. The number of piperidine rings is 2. The Morgan fingerprint density at radius 1 is 0.621 bits per heavy atom. The number of nitrogens with zero attached hydrogens (tertiary/aromatic N) is 13. The van der Waals surface area contributed by atoms with Crippen LogP contribution in [0.1, 0.15) is 86.2 Å². The molecule has 0 radical (unpaired) electrons. The molecule has 6 atom stereocenters. The molecule has 6 aliphatic rings. The van der Waals surface area contributed by atoms with Crippen LogP contribution in [0.4, 0.5) is 23.5 Å². The molecule has 2 saturated heterocycles. The van der Waals surface area contributed by atoms with E-state index in [1.165, 1.54) is 37.3 Å². The molecule has 0 spiro atoms. The second kappa shape index (κ2) is 27.7. The van der Waals surface area contributed by atoms with E-state index in [-0.39, 0.29) is 91.8 Å². The fraction of sp³-hybridized carbons (Fsp3) is 0.357. The number of hydrogen-bond acceptors (Lipinski definition) is 21. The fourth-order valence-corrected chi connectivity index (χ4v) is 11.2. The normalized spacial score (nSPS) is 19.7. The van der Waals surface area contributed by atoms with Crippen molar-refractivity contribution in [3.8, 4) is 22.3 Å². The zero-order chi connectivity index (χ0) is 59.6. The molecule has 4 saturated carbocycles.